The van der Waals surface area contributed by atoms with Crippen LogP contribution in [0.1, 0.15) is 12.8 Å². The van der Waals surface area contributed by atoms with Crippen molar-refractivity contribution < 1.29 is 9.90 Å². The Balaban J connectivity index is 2.54. The number of nitrogens with two attached hydrogens (primary N) is 1. The standard InChI is InChI=1S/C8H15BrN2O2/c9-3-5-11-4-1-2-8(13,6-11)7(10)12/h13H,1-6H2,(H2,10,12). The van der Waals surface area contributed by atoms with Crippen molar-refractivity contribution in [3.05, 3.63) is 0 Å². The molecule has 0 aliphatic carbocycles. The molecule has 3 N–H and O–H groups in total. The van der Waals surface area contributed by atoms with Crippen LogP contribution in [-0.2, 0) is 4.79 Å². The lowest BCUT2D eigenvalue weighted by molar-refractivity contribution is -0.141. The number of carbonyl (C=O) groups excluding carboxylic acids is 1. The molecule has 0 spiro atoms. The maximum Gasteiger partial charge on any atom is 0.250 e. The number of carbonyl (C=O) groups is 1. The van der Waals surface area contributed by atoms with E-state index in [1.165, 1.54) is 0 Å². The molecule has 1 amide bonds. The molecule has 0 saturated carbocycles. The van der Waals surface area contributed by atoms with Gasteiger partial charge in [0.15, 0.2) is 5.60 Å². The van der Waals surface area contributed by atoms with Gasteiger partial charge in [-0.1, -0.05) is 15.9 Å². The molecule has 13 heavy (non-hydrogen) atoms. The summed E-state index contributed by atoms with van der Waals surface area (Å²) in [5.41, 5.74) is 3.83. The van der Waals surface area contributed by atoms with Crippen molar-refractivity contribution in [2.75, 3.05) is 25.0 Å². The molecule has 76 valence electrons. The highest BCUT2D eigenvalue weighted by Crippen LogP contribution is 2.20. The summed E-state index contributed by atoms with van der Waals surface area (Å²) in [5.74, 6) is -0.605. The number of likely N-dealkylation sites (tertiary alicyclic amines) is 1. The van der Waals surface area contributed by atoms with Gasteiger partial charge in [-0.3, -0.25) is 9.69 Å². The predicted molar refractivity (Wildman–Crippen MR) is 53.6 cm³/mol. The van der Waals surface area contributed by atoms with Gasteiger partial charge in [-0.05, 0) is 19.4 Å². The normalized spacial score (nSPS) is 30.3. The Kier molecular flexibility index (Phi) is 3.70. The number of β-amino-alcohol motifs (C(OH)–C–C–N with tert-alkyl or cyclic N) is 1. The fourth-order valence-corrected chi connectivity index (χ4v) is 2.14. The predicted octanol–water partition coefficient (Wildman–Crippen LogP) is -0.307. The van der Waals surface area contributed by atoms with E-state index < -0.39 is 11.5 Å². The van der Waals surface area contributed by atoms with E-state index in [9.17, 15) is 9.90 Å². The van der Waals surface area contributed by atoms with Crippen LogP contribution in [-0.4, -0.2) is 46.5 Å². The Hall–Kier alpha value is -0.130. The van der Waals surface area contributed by atoms with E-state index in [1.54, 1.807) is 0 Å². The minimum atomic E-state index is -1.31. The zero-order valence-corrected chi connectivity index (χ0v) is 9.09. The van der Waals surface area contributed by atoms with Crippen molar-refractivity contribution in [3.63, 3.8) is 0 Å². The van der Waals surface area contributed by atoms with Crippen molar-refractivity contribution in [1.29, 1.82) is 0 Å². The van der Waals surface area contributed by atoms with Gasteiger partial charge < -0.3 is 10.8 Å². The molecule has 0 aromatic heterocycles. The summed E-state index contributed by atoms with van der Waals surface area (Å²) in [6.45, 7) is 2.14. The van der Waals surface area contributed by atoms with Gasteiger partial charge in [0.2, 0.25) is 0 Å². The van der Waals surface area contributed by atoms with Gasteiger partial charge in [0.1, 0.15) is 0 Å². The number of piperidine rings is 1. The molecule has 1 fully saturated rings. The quantitative estimate of drug-likeness (QED) is 0.676. The second-order valence-electron chi connectivity index (χ2n) is 3.46. The van der Waals surface area contributed by atoms with Crippen LogP contribution in [0.25, 0.3) is 0 Å². The van der Waals surface area contributed by atoms with Crippen LogP contribution in [0.2, 0.25) is 0 Å². The van der Waals surface area contributed by atoms with Gasteiger partial charge in [-0.15, -0.1) is 0 Å². The first-order valence-electron chi connectivity index (χ1n) is 4.39. The summed E-state index contributed by atoms with van der Waals surface area (Å²) < 4.78 is 0. The maximum atomic E-state index is 11.0. The van der Waals surface area contributed by atoms with Crippen molar-refractivity contribution in [2.45, 2.75) is 18.4 Å². The average molecular weight is 251 g/mol. The molecule has 1 saturated heterocycles. The molecular formula is C8H15BrN2O2. The van der Waals surface area contributed by atoms with Crippen LogP contribution in [0.3, 0.4) is 0 Å². The van der Waals surface area contributed by atoms with E-state index in [-0.39, 0.29) is 0 Å². The minimum Gasteiger partial charge on any atom is -0.379 e. The first-order valence-corrected chi connectivity index (χ1v) is 5.51. The molecule has 0 aromatic rings. The third-order valence-electron chi connectivity index (χ3n) is 2.41. The molecule has 0 aromatic carbocycles. The van der Waals surface area contributed by atoms with Gasteiger partial charge in [0.25, 0.3) is 5.91 Å². The zero-order chi connectivity index (χ0) is 9.90. The van der Waals surface area contributed by atoms with Crippen molar-refractivity contribution in [3.8, 4) is 0 Å². The fraction of sp³-hybridized carbons (Fsp3) is 0.875. The number of primary amides is 1. The number of hydrogen-bond donors (Lipinski definition) is 2. The van der Waals surface area contributed by atoms with Gasteiger partial charge >= 0.3 is 0 Å². The summed E-state index contributed by atoms with van der Waals surface area (Å²) in [5, 5.41) is 10.7. The lowest BCUT2D eigenvalue weighted by Crippen LogP contribution is -2.56. The van der Waals surface area contributed by atoms with Crippen LogP contribution in [0.15, 0.2) is 0 Å². The van der Waals surface area contributed by atoms with Crippen LogP contribution in [0, 0.1) is 0 Å². The van der Waals surface area contributed by atoms with E-state index in [4.69, 9.17) is 5.73 Å². The van der Waals surface area contributed by atoms with Crippen LogP contribution >= 0.6 is 15.9 Å². The molecule has 1 atom stereocenters. The third-order valence-corrected chi connectivity index (χ3v) is 2.76. The summed E-state index contributed by atoms with van der Waals surface area (Å²) in [6, 6.07) is 0. The lowest BCUT2D eigenvalue weighted by Gasteiger charge is -2.36. The largest absolute Gasteiger partial charge is 0.379 e. The Morgan fingerprint density at radius 1 is 1.69 bits per heavy atom. The van der Waals surface area contributed by atoms with Crippen LogP contribution in [0.4, 0.5) is 0 Å². The number of halogens is 1. The Bertz CT molecular complexity index is 199. The highest BCUT2D eigenvalue weighted by Gasteiger charge is 2.38. The number of nitrogens with zero attached hydrogens (tertiary/aromatic N) is 1. The zero-order valence-electron chi connectivity index (χ0n) is 7.50. The van der Waals surface area contributed by atoms with Crippen LogP contribution < -0.4 is 5.73 Å². The second-order valence-corrected chi connectivity index (χ2v) is 4.26. The number of alkyl halides is 1. The van der Waals surface area contributed by atoms with E-state index in [2.05, 4.69) is 15.9 Å². The Morgan fingerprint density at radius 3 is 2.92 bits per heavy atom. The number of aliphatic hydroxyl groups is 1. The van der Waals surface area contributed by atoms with Crippen molar-refractivity contribution in [2.24, 2.45) is 5.73 Å². The molecule has 4 nitrogen and oxygen atoms in total. The fourth-order valence-electron chi connectivity index (χ4n) is 1.63. The minimum absolute atomic E-state index is 0.369. The third kappa shape index (κ3) is 2.65. The van der Waals surface area contributed by atoms with E-state index in [1.807, 2.05) is 4.90 Å². The molecule has 0 radical (unpaired) electrons. The van der Waals surface area contributed by atoms with Gasteiger partial charge in [0.05, 0.1) is 0 Å². The monoisotopic (exact) mass is 250 g/mol. The smallest absolute Gasteiger partial charge is 0.250 e. The van der Waals surface area contributed by atoms with Gasteiger partial charge in [-0.25, -0.2) is 0 Å². The average Bonchev–Trinajstić information content (AvgIpc) is 2.04. The van der Waals surface area contributed by atoms with E-state index in [0.29, 0.717) is 13.0 Å². The molecule has 1 aliphatic heterocycles. The SMILES string of the molecule is NC(=O)C1(O)CCCN(CCBr)C1. The number of amides is 1. The molecule has 5 heteroatoms. The van der Waals surface area contributed by atoms with Gasteiger partial charge in [0, 0.05) is 18.4 Å². The summed E-state index contributed by atoms with van der Waals surface area (Å²) in [7, 11) is 0. The van der Waals surface area contributed by atoms with E-state index >= 15 is 0 Å². The lowest BCUT2D eigenvalue weighted by atomic mass is 9.92. The molecule has 0 bridgehead atoms. The maximum absolute atomic E-state index is 11.0. The number of hydrogen-bond acceptors (Lipinski definition) is 3. The van der Waals surface area contributed by atoms with Gasteiger partial charge in [-0.2, -0.15) is 0 Å². The number of rotatable bonds is 3. The molecule has 1 rings (SSSR count). The highest BCUT2D eigenvalue weighted by molar-refractivity contribution is 9.09. The first kappa shape index (κ1) is 10.9. The Labute approximate surface area is 86.2 Å². The molecular weight excluding hydrogens is 236 g/mol. The molecule has 1 aliphatic rings. The highest BCUT2D eigenvalue weighted by atomic mass is 79.9. The second kappa shape index (κ2) is 4.39. The van der Waals surface area contributed by atoms with Crippen molar-refractivity contribution >= 4 is 21.8 Å². The topological polar surface area (TPSA) is 66.6 Å². The molecule has 1 unspecified atom stereocenters. The molecule has 1 heterocycles. The van der Waals surface area contributed by atoms with Crippen LogP contribution in [0.5, 0.6) is 0 Å². The Morgan fingerprint density at radius 2 is 2.38 bits per heavy atom. The first-order chi connectivity index (χ1) is 6.08. The summed E-state index contributed by atoms with van der Waals surface area (Å²) in [4.78, 5) is 13.0. The summed E-state index contributed by atoms with van der Waals surface area (Å²) in [6.07, 6.45) is 1.31. The van der Waals surface area contributed by atoms with Crippen molar-refractivity contribution in [1.82, 2.24) is 4.90 Å². The van der Waals surface area contributed by atoms with E-state index in [0.717, 1.165) is 24.8 Å². The summed E-state index contributed by atoms with van der Waals surface area (Å²) >= 11 is 3.32.